The molecule has 0 amide bonds. The molecule has 96 valence electrons. The van der Waals surface area contributed by atoms with Crippen molar-refractivity contribution in [1.29, 1.82) is 0 Å². The van der Waals surface area contributed by atoms with Crippen LogP contribution >= 0.6 is 0 Å². The zero-order chi connectivity index (χ0) is 12.7. The van der Waals surface area contributed by atoms with Crippen molar-refractivity contribution in [2.75, 3.05) is 20.3 Å². The number of aryl methyl sites for hydroxylation is 1. The fraction of sp³-hybridized carbons (Fsp3) is 0.571. The molecule has 0 radical (unpaired) electrons. The molecule has 3 nitrogen and oxygen atoms in total. The van der Waals surface area contributed by atoms with Gasteiger partial charge >= 0.3 is 0 Å². The summed E-state index contributed by atoms with van der Waals surface area (Å²) >= 11 is 0. The zero-order valence-corrected chi connectivity index (χ0v) is 11.0. The molecule has 0 heterocycles. The van der Waals surface area contributed by atoms with Gasteiger partial charge in [0.05, 0.1) is 7.11 Å². The van der Waals surface area contributed by atoms with E-state index in [-0.39, 0.29) is 6.04 Å². The van der Waals surface area contributed by atoms with E-state index in [1.807, 2.05) is 19.1 Å². The molecule has 0 spiro atoms. The third-order valence-electron chi connectivity index (χ3n) is 2.76. The number of ether oxygens (including phenoxy) is 2. The lowest BCUT2D eigenvalue weighted by Crippen LogP contribution is -2.25. The van der Waals surface area contributed by atoms with Gasteiger partial charge in [0.2, 0.25) is 0 Å². The zero-order valence-electron chi connectivity index (χ0n) is 11.0. The molecular formula is C14H23NO2. The largest absolute Gasteiger partial charge is 0.496 e. The number of hydrogen-bond donors (Lipinski definition) is 1. The molecule has 1 aromatic rings. The van der Waals surface area contributed by atoms with Gasteiger partial charge in [0, 0.05) is 19.3 Å². The molecule has 2 N–H and O–H groups in total. The van der Waals surface area contributed by atoms with E-state index in [0.29, 0.717) is 0 Å². The standard InChI is InChI=1S/C14H23NO2/c1-4-17-8-7-13(15)10-12-9-11(2)5-6-14(12)16-3/h5-6,9,13H,4,7-8,10,15H2,1-3H3. The molecule has 1 unspecified atom stereocenters. The topological polar surface area (TPSA) is 44.5 Å². The van der Waals surface area contributed by atoms with Crippen LogP contribution in [0.2, 0.25) is 0 Å². The monoisotopic (exact) mass is 237 g/mol. The van der Waals surface area contributed by atoms with Crippen LogP contribution in [0.3, 0.4) is 0 Å². The molecule has 17 heavy (non-hydrogen) atoms. The second-order valence-corrected chi connectivity index (χ2v) is 4.27. The van der Waals surface area contributed by atoms with Crippen molar-refractivity contribution in [3.05, 3.63) is 29.3 Å². The van der Waals surface area contributed by atoms with E-state index >= 15 is 0 Å². The third-order valence-corrected chi connectivity index (χ3v) is 2.76. The molecule has 0 saturated carbocycles. The first-order valence-electron chi connectivity index (χ1n) is 6.14. The summed E-state index contributed by atoms with van der Waals surface area (Å²) in [4.78, 5) is 0. The van der Waals surface area contributed by atoms with Crippen LogP contribution in [0.5, 0.6) is 5.75 Å². The van der Waals surface area contributed by atoms with Gasteiger partial charge < -0.3 is 15.2 Å². The number of benzene rings is 1. The lowest BCUT2D eigenvalue weighted by Gasteiger charge is -2.14. The van der Waals surface area contributed by atoms with Gasteiger partial charge in [0.25, 0.3) is 0 Å². The molecule has 3 heteroatoms. The summed E-state index contributed by atoms with van der Waals surface area (Å²) in [6.07, 6.45) is 1.71. The van der Waals surface area contributed by atoms with Crippen molar-refractivity contribution >= 4 is 0 Å². The summed E-state index contributed by atoms with van der Waals surface area (Å²) < 4.78 is 10.7. The summed E-state index contributed by atoms with van der Waals surface area (Å²) in [5, 5.41) is 0. The molecule has 1 atom stereocenters. The normalized spacial score (nSPS) is 12.5. The summed E-state index contributed by atoms with van der Waals surface area (Å²) in [5.74, 6) is 0.919. The molecule has 0 saturated heterocycles. The third kappa shape index (κ3) is 4.75. The highest BCUT2D eigenvalue weighted by Gasteiger charge is 2.09. The van der Waals surface area contributed by atoms with Gasteiger partial charge in [0.15, 0.2) is 0 Å². The van der Waals surface area contributed by atoms with E-state index in [1.165, 1.54) is 11.1 Å². The van der Waals surface area contributed by atoms with E-state index in [4.69, 9.17) is 15.2 Å². The smallest absolute Gasteiger partial charge is 0.122 e. The lowest BCUT2D eigenvalue weighted by molar-refractivity contribution is 0.140. The first-order chi connectivity index (χ1) is 8.17. The summed E-state index contributed by atoms with van der Waals surface area (Å²) in [6.45, 7) is 5.55. The van der Waals surface area contributed by atoms with Crippen molar-refractivity contribution in [3.63, 3.8) is 0 Å². The molecule has 1 aromatic carbocycles. The molecule has 0 aromatic heterocycles. The van der Waals surface area contributed by atoms with Crippen LogP contribution in [0.25, 0.3) is 0 Å². The number of methoxy groups -OCH3 is 1. The number of hydrogen-bond acceptors (Lipinski definition) is 3. The maximum atomic E-state index is 6.08. The summed E-state index contributed by atoms with van der Waals surface area (Å²) in [7, 11) is 1.69. The van der Waals surface area contributed by atoms with Crippen LogP contribution in [0.4, 0.5) is 0 Å². The van der Waals surface area contributed by atoms with Crippen molar-refractivity contribution in [2.24, 2.45) is 5.73 Å². The molecule has 0 aliphatic heterocycles. The van der Waals surface area contributed by atoms with E-state index in [1.54, 1.807) is 7.11 Å². The summed E-state index contributed by atoms with van der Waals surface area (Å²) in [6, 6.07) is 6.31. The highest BCUT2D eigenvalue weighted by molar-refractivity contribution is 5.37. The van der Waals surface area contributed by atoms with Crippen LogP contribution in [0, 0.1) is 6.92 Å². The van der Waals surface area contributed by atoms with Crippen LogP contribution in [-0.2, 0) is 11.2 Å². The van der Waals surface area contributed by atoms with Crippen LogP contribution in [0.1, 0.15) is 24.5 Å². The van der Waals surface area contributed by atoms with E-state index in [2.05, 4.69) is 13.0 Å². The Balaban J connectivity index is 2.57. The number of nitrogens with two attached hydrogens (primary N) is 1. The van der Waals surface area contributed by atoms with Gasteiger partial charge in [0.1, 0.15) is 5.75 Å². The minimum Gasteiger partial charge on any atom is -0.496 e. The van der Waals surface area contributed by atoms with Gasteiger partial charge in [-0.15, -0.1) is 0 Å². The Labute approximate surface area is 104 Å². The van der Waals surface area contributed by atoms with Gasteiger partial charge in [-0.3, -0.25) is 0 Å². The van der Waals surface area contributed by atoms with Gasteiger partial charge in [-0.25, -0.2) is 0 Å². The van der Waals surface area contributed by atoms with E-state index < -0.39 is 0 Å². The van der Waals surface area contributed by atoms with Crippen LogP contribution in [-0.4, -0.2) is 26.4 Å². The SMILES string of the molecule is CCOCCC(N)Cc1cc(C)ccc1OC. The molecule has 0 fully saturated rings. The van der Waals surface area contributed by atoms with E-state index in [0.717, 1.165) is 31.8 Å². The predicted molar refractivity (Wildman–Crippen MR) is 70.5 cm³/mol. The minimum atomic E-state index is 0.122. The molecule has 0 aliphatic rings. The first-order valence-corrected chi connectivity index (χ1v) is 6.14. The van der Waals surface area contributed by atoms with Crippen molar-refractivity contribution in [2.45, 2.75) is 32.7 Å². The fourth-order valence-electron chi connectivity index (χ4n) is 1.83. The molecule has 0 bridgehead atoms. The second-order valence-electron chi connectivity index (χ2n) is 4.27. The minimum absolute atomic E-state index is 0.122. The lowest BCUT2D eigenvalue weighted by atomic mass is 10.0. The number of rotatable bonds is 7. The average molecular weight is 237 g/mol. The van der Waals surface area contributed by atoms with Crippen LogP contribution < -0.4 is 10.5 Å². The van der Waals surface area contributed by atoms with Crippen molar-refractivity contribution in [1.82, 2.24) is 0 Å². The predicted octanol–water partition coefficient (Wildman–Crippen LogP) is 2.30. The van der Waals surface area contributed by atoms with E-state index in [9.17, 15) is 0 Å². The highest BCUT2D eigenvalue weighted by Crippen LogP contribution is 2.21. The van der Waals surface area contributed by atoms with Gasteiger partial charge in [-0.2, -0.15) is 0 Å². The van der Waals surface area contributed by atoms with Crippen molar-refractivity contribution < 1.29 is 9.47 Å². The molecule has 1 rings (SSSR count). The molecular weight excluding hydrogens is 214 g/mol. The average Bonchev–Trinajstić information content (AvgIpc) is 2.29. The Kier molecular flexibility index (Phi) is 6.01. The Morgan fingerprint density at radius 3 is 2.76 bits per heavy atom. The summed E-state index contributed by atoms with van der Waals surface area (Å²) in [5.41, 5.74) is 8.50. The second kappa shape index (κ2) is 7.30. The van der Waals surface area contributed by atoms with Crippen LogP contribution in [0.15, 0.2) is 18.2 Å². The first kappa shape index (κ1) is 14.0. The maximum absolute atomic E-state index is 6.08. The van der Waals surface area contributed by atoms with Gasteiger partial charge in [-0.1, -0.05) is 17.7 Å². The quantitative estimate of drug-likeness (QED) is 0.740. The maximum Gasteiger partial charge on any atom is 0.122 e. The Morgan fingerprint density at radius 1 is 1.35 bits per heavy atom. The van der Waals surface area contributed by atoms with Crippen molar-refractivity contribution in [3.8, 4) is 5.75 Å². The Hall–Kier alpha value is -1.06. The van der Waals surface area contributed by atoms with Gasteiger partial charge in [-0.05, 0) is 38.3 Å². The molecule has 0 aliphatic carbocycles. The Bertz CT molecular complexity index is 339. The highest BCUT2D eigenvalue weighted by atomic mass is 16.5. The Morgan fingerprint density at radius 2 is 2.12 bits per heavy atom. The fourth-order valence-corrected chi connectivity index (χ4v) is 1.83.